The van der Waals surface area contributed by atoms with Crippen LogP contribution in [0.2, 0.25) is 0 Å². The molecular weight excluding hydrogens is 314 g/mol. The van der Waals surface area contributed by atoms with E-state index in [4.69, 9.17) is 17.0 Å². The van der Waals surface area contributed by atoms with Gasteiger partial charge in [-0.1, -0.05) is 26.3 Å². The minimum atomic E-state index is -0.367. The van der Waals surface area contributed by atoms with Crippen molar-refractivity contribution in [3.05, 3.63) is 29.8 Å². The van der Waals surface area contributed by atoms with Crippen LogP contribution in [0, 0.1) is 0 Å². The monoisotopic (exact) mass is 337 g/mol. The quantitative estimate of drug-likeness (QED) is 0.404. The molecule has 23 heavy (non-hydrogen) atoms. The van der Waals surface area contributed by atoms with E-state index in [0.29, 0.717) is 24.3 Å². The van der Waals surface area contributed by atoms with Crippen LogP contribution in [-0.2, 0) is 4.79 Å². The van der Waals surface area contributed by atoms with Crippen LogP contribution in [0.15, 0.2) is 24.3 Å². The van der Waals surface area contributed by atoms with Crippen molar-refractivity contribution in [2.45, 2.75) is 39.5 Å². The van der Waals surface area contributed by atoms with Crippen molar-refractivity contribution in [1.82, 2.24) is 16.2 Å². The Labute approximate surface area is 141 Å². The molecule has 0 spiro atoms. The van der Waals surface area contributed by atoms with Crippen LogP contribution in [0.4, 0.5) is 0 Å². The van der Waals surface area contributed by atoms with Gasteiger partial charge in [-0.2, -0.15) is 0 Å². The number of hydrogen-bond donors (Lipinski definition) is 3. The summed E-state index contributed by atoms with van der Waals surface area (Å²) < 4.78 is 5.56. The van der Waals surface area contributed by atoms with Gasteiger partial charge >= 0.3 is 0 Å². The van der Waals surface area contributed by atoms with Crippen molar-refractivity contribution < 1.29 is 14.3 Å². The lowest BCUT2D eigenvalue weighted by molar-refractivity contribution is -0.121. The van der Waals surface area contributed by atoms with Gasteiger partial charge in [0.15, 0.2) is 5.11 Å². The van der Waals surface area contributed by atoms with Crippen molar-refractivity contribution in [2.75, 3.05) is 6.61 Å². The number of rotatable bonds is 7. The second-order valence-corrected chi connectivity index (χ2v) is 5.34. The second kappa shape index (κ2) is 10.6. The Bertz CT molecular complexity index is 549. The molecule has 0 saturated carbocycles. The highest BCUT2D eigenvalue weighted by molar-refractivity contribution is 7.80. The van der Waals surface area contributed by atoms with Gasteiger partial charge in [0.2, 0.25) is 5.91 Å². The maximum absolute atomic E-state index is 12.1. The number of amides is 2. The van der Waals surface area contributed by atoms with Crippen LogP contribution >= 0.6 is 12.2 Å². The van der Waals surface area contributed by atoms with E-state index in [1.807, 2.05) is 6.92 Å². The molecule has 0 bridgehead atoms. The molecule has 0 unspecified atom stereocenters. The molecule has 1 aromatic carbocycles. The van der Waals surface area contributed by atoms with Crippen LogP contribution in [0.3, 0.4) is 0 Å². The number of ether oxygens (including phenoxy) is 1. The van der Waals surface area contributed by atoms with E-state index >= 15 is 0 Å². The zero-order valence-electron chi connectivity index (χ0n) is 13.5. The molecule has 0 aromatic heterocycles. The molecule has 6 nitrogen and oxygen atoms in total. The third kappa shape index (κ3) is 7.60. The van der Waals surface area contributed by atoms with Crippen LogP contribution in [-0.4, -0.2) is 23.5 Å². The topological polar surface area (TPSA) is 79.5 Å². The number of hydrazine groups is 1. The van der Waals surface area contributed by atoms with E-state index in [1.54, 1.807) is 24.3 Å². The summed E-state index contributed by atoms with van der Waals surface area (Å²) in [6, 6.07) is 6.87. The molecule has 3 N–H and O–H groups in total. The third-order valence-corrected chi connectivity index (χ3v) is 3.09. The van der Waals surface area contributed by atoms with Gasteiger partial charge in [-0.25, -0.2) is 0 Å². The zero-order valence-corrected chi connectivity index (χ0v) is 14.3. The highest BCUT2D eigenvalue weighted by Gasteiger charge is 2.09. The third-order valence-electron chi connectivity index (χ3n) is 2.88. The minimum absolute atomic E-state index is 0.0387. The summed E-state index contributed by atoms with van der Waals surface area (Å²) >= 11 is 4.96. The van der Waals surface area contributed by atoms with E-state index in [9.17, 15) is 9.59 Å². The van der Waals surface area contributed by atoms with E-state index in [2.05, 4.69) is 23.1 Å². The molecule has 7 heteroatoms. The SMILES string of the molecule is CCCCOc1cccc(C(=O)NC(=S)NNC(=O)CCC)c1. The van der Waals surface area contributed by atoms with E-state index in [-0.39, 0.29) is 16.9 Å². The first-order valence-corrected chi connectivity index (χ1v) is 8.10. The second-order valence-electron chi connectivity index (χ2n) is 4.94. The lowest BCUT2D eigenvalue weighted by Crippen LogP contribution is -2.48. The highest BCUT2D eigenvalue weighted by atomic mass is 32.1. The van der Waals surface area contributed by atoms with Crippen molar-refractivity contribution in [3.8, 4) is 5.75 Å². The Morgan fingerprint density at radius 1 is 1.17 bits per heavy atom. The molecule has 0 aliphatic carbocycles. The van der Waals surface area contributed by atoms with E-state index in [1.165, 1.54) is 0 Å². The van der Waals surface area contributed by atoms with Crippen molar-refractivity contribution in [3.63, 3.8) is 0 Å². The van der Waals surface area contributed by atoms with Gasteiger partial charge < -0.3 is 4.74 Å². The molecule has 0 aliphatic heterocycles. The number of nitrogens with one attached hydrogen (secondary N) is 3. The minimum Gasteiger partial charge on any atom is -0.494 e. The smallest absolute Gasteiger partial charge is 0.257 e. The Balaban J connectivity index is 2.48. The molecule has 0 saturated heterocycles. The molecule has 126 valence electrons. The Kier molecular flexibility index (Phi) is 8.67. The largest absolute Gasteiger partial charge is 0.494 e. The summed E-state index contributed by atoms with van der Waals surface area (Å²) in [5.74, 6) is 0.0878. The van der Waals surface area contributed by atoms with E-state index in [0.717, 1.165) is 19.3 Å². The molecule has 0 atom stereocenters. The summed E-state index contributed by atoms with van der Waals surface area (Å²) in [5.41, 5.74) is 5.34. The summed E-state index contributed by atoms with van der Waals surface area (Å²) in [6.45, 7) is 4.60. The number of carbonyl (C=O) groups excluding carboxylic acids is 2. The fourth-order valence-corrected chi connectivity index (χ4v) is 1.83. The van der Waals surface area contributed by atoms with Crippen LogP contribution in [0.5, 0.6) is 5.75 Å². The van der Waals surface area contributed by atoms with Gasteiger partial charge in [0, 0.05) is 12.0 Å². The van der Waals surface area contributed by atoms with Crippen molar-refractivity contribution in [1.29, 1.82) is 0 Å². The molecule has 0 radical (unpaired) electrons. The van der Waals surface area contributed by atoms with Crippen LogP contribution in [0.25, 0.3) is 0 Å². The highest BCUT2D eigenvalue weighted by Crippen LogP contribution is 2.13. The average Bonchev–Trinajstić information content (AvgIpc) is 2.54. The van der Waals surface area contributed by atoms with Crippen LogP contribution in [0.1, 0.15) is 49.9 Å². The number of thiocarbonyl (C=S) groups is 1. The Hall–Kier alpha value is -2.15. The maximum atomic E-state index is 12.1. The molecule has 0 heterocycles. The average molecular weight is 337 g/mol. The fourth-order valence-electron chi connectivity index (χ4n) is 1.68. The van der Waals surface area contributed by atoms with Gasteiger partial charge in [0.25, 0.3) is 5.91 Å². The summed E-state index contributed by atoms with van der Waals surface area (Å²) in [7, 11) is 0. The molecule has 0 fully saturated rings. The van der Waals surface area contributed by atoms with Gasteiger partial charge in [-0.05, 0) is 43.3 Å². The summed E-state index contributed by atoms with van der Waals surface area (Å²) in [4.78, 5) is 23.4. The summed E-state index contributed by atoms with van der Waals surface area (Å²) in [5, 5.41) is 2.54. The Morgan fingerprint density at radius 3 is 2.65 bits per heavy atom. The molecule has 0 aliphatic rings. The first-order valence-electron chi connectivity index (χ1n) is 7.69. The van der Waals surface area contributed by atoms with Gasteiger partial charge in [0.1, 0.15) is 5.75 Å². The van der Waals surface area contributed by atoms with Crippen molar-refractivity contribution in [2.24, 2.45) is 0 Å². The van der Waals surface area contributed by atoms with E-state index < -0.39 is 0 Å². The molecule has 1 rings (SSSR count). The Morgan fingerprint density at radius 2 is 1.96 bits per heavy atom. The summed E-state index contributed by atoms with van der Waals surface area (Å²) in [6.07, 6.45) is 3.13. The number of benzene rings is 1. The standard InChI is InChI=1S/C16H23N3O3S/c1-3-5-10-22-13-9-6-8-12(11-13)15(21)17-16(23)19-18-14(20)7-4-2/h6,8-9,11H,3-5,7,10H2,1-2H3,(H,18,20)(H2,17,19,21,23). The normalized spacial score (nSPS) is 9.83. The number of unbranched alkanes of at least 4 members (excludes halogenated alkanes) is 1. The first-order chi connectivity index (χ1) is 11.1. The van der Waals surface area contributed by atoms with Gasteiger partial charge in [-0.3, -0.25) is 25.8 Å². The predicted octanol–water partition coefficient (Wildman–Crippen LogP) is 2.30. The number of hydrogen-bond acceptors (Lipinski definition) is 4. The maximum Gasteiger partial charge on any atom is 0.257 e. The lowest BCUT2D eigenvalue weighted by atomic mass is 10.2. The zero-order chi connectivity index (χ0) is 17.1. The molecule has 2 amide bonds. The lowest BCUT2D eigenvalue weighted by Gasteiger charge is -2.11. The number of carbonyl (C=O) groups is 2. The van der Waals surface area contributed by atoms with Gasteiger partial charge in [-0.15, -0.1) is 0 Å². The van der Waals surface area contributed by atoms with Gasteiger partial charge in [0.05, 0.1) is 6.61 Å². The first kappa shape index (κ1) is 18.9. The molecular formula is C16H23N3O3S. The predicted molar refractivity (Wildman–Crippen MR) is 93.1 cm³/mol. The molecule has 1 aromatic rings. The van der Waals surface area contributed by atoms with Crippen molar-refractivity contribution >= 4 is 29.1 Å². The van der Waals surface area contributed by atoms with Crippen LogP contribution < -0.4 is 20.9 Å². The fraction of sp³-hybridized carbons (Fsp3) is 0.438.